The van der Waals surface area contributed by atoms with Crippen molar-refractivity contribution in [2.24, 2.45) is 5.73 Å². The van der Waals surface area contributed by atoms with E-state index in [-0.39, 0.29) is 17.9 Å². The third kappa shape index (κ3) is 3.49. The predicted molar refractivity (Wildman–Crippen MR) is 71.1 cm³/mol. The van der Waals surface area contributed by atoms with E-state index in [0.717, 1.165) is 11.1 Å². The van der Waals surface area contributed by atoms with E-state index in [2.05, 4.69) is 5.32 Å². The minimum Gasteiger partial charge on any atom is -0.370 e. The molecule has 0 heterocycles. The van der Waals surface area contributed by atoms with Crippen molar-refractivity contribution >= 4 is 17.3 Å². The number of amides is 1. The number of nitro benzene ring substituents is 1. The molecule has 0 saturated heterocycles. The zero-order valence-electron chi connectivity index (χ0n) is 11.1. The third-order valence-electron chi connectivity index (χ3n) is 2.86. The Labute approximate surface area is 110 Å². The lowest BCUT2D eigenvalue weighted by molar-refractivity contribution is -0.384. The number of nitrogens with two attached hydrogens (primary N) is 1. The van der Waals surface area contributed by atoms with Crippen LogP contribution < -0.4 is 11.1 Å². The van der Waals surface area contributed by atoms with Crippen molar-refractivity contribution in [3.63, 3.8) is 0 Å². The first-order valence-corrected chi connectivity index (χ1v) is 5.70. The van der Waals surface area contributed by atoms with Gasteiger partial charge in [-0.25, -0.2) is 0 Å². The van der Waals surface area contributed by atoms with Crippen LogP contribution in [-0.4, -0.2) is 30.6 Å². The fourth-order valence-corrected chi connectivity index (χ4v) is 1.58. The van der Waals surface area contributed by atoms with E-state index in [0.29, 0.717) is 0 Å². The lowest BCUT2D eigenvalue weighted by Crippen LogP contribution is -2.36. The quantitative estimate of drug-likeness (QED) is 0.614. The molecule has 0 bridgehead atoms. The van der Waals surface area contributed by atoms with Crippen LogP contribution in [0.15, 0.2) is 12.1 Å². The van der Waals surface area contributed by atoms with E-state index in [4.69, 9.17) is 10.5 Å². The Morgan fingerprint density at radius 1 is 1.47 bits per heavy atom. The minimum atomic E-state index is -0.832. The molecule has 0 saturated carbocycles. The highest BCUT2D eigenvalue weighted by Gasteiger charge is 2.21. The number of nitrogens with zero attached hydrogens (tertiary/aromatic N) is 1. The SMILES string of the molecule is COC(CN)C(=O)Nc1cc(C)c(C)cc1[N+](=O)[O-]. The summed E-state index contributed by atoms with van der Waals surface area (Å²) < 4.78 is 4.88. The molecule has 1 amide bonds. The molecule has 0 radical (unpaired) electrons. The van der Waals surface area contributed by atoms with E-state index in [1.807, 2.05) is 6.92 Å². The summed E-state index contributed by atoms with van der Waals surface area (Å²) in [5.74, 6) is -0.503. The fraction of sp³-hybridized carbons (Fsp3) is 0.417. The molecule has 1 aromatic carbocycles. The van der Waals surface area contributed by atoms with Gasteiger partial charge < -0.3 is 15.8 Å². The van der Waals surface area contributed by atoms with Gasteiger partial charge >= 0.3 is 0 Å². The van der Waals surface area contributed by atoms with E-state index in [1.54, 1.807) is 13.0 Å². The van der Waals surface area contributed by atoms with Crippen LogP contribution in [0, 0.1) is 24.0 Å². The normalized spacial score (nSPS) is 12.0. The Morgan fingerprint density at radius 2 is 2.05 bits per heavy atom. The fourth-order valence-electron chi connectivity index (χ4n) is 1.58. The van der Waals surface area contributed by atoms with E-state index >= 15 is 0 Å². The smallest absolute Gasteiger partial charge is 0.293 e. The first-order valence-electron chi connectivity index (χ1n) is 5.70. The van der Waals surface area contributed by atoms with Crippen molar-refractivity contribution in [1.82, 2.24) is 0 Å². The molecule has 19 heavy (non-hydrogen) atoms. The molecule has 1 rings (SSSR count). The number of methoxy groups -OCH3 is 1. The van der Waals surface area contributed by atoms with Crippen LogP contribution in [0.5, 0.6) is 0 Å². The first-order chi connectivity index (χ1) is 8.90. The van der Waals surface area contributed by atoms with Crippen LogP contribution in [0.3, 0.4) is 0 Å². The van der Waals surface area contributed by atoms with Gasteiger partial charge in [0.05, 0.1) is 4.92 Å². The summed E-state index contributed by atoms with van der Waals surface area (Å²) in [7, 11) is 1.35. The van der Waals surface area contributed by atoms with Gasteiger partial charge in [0, 0.05) is 19.7 Å². The second-order valence-corrected chi connectivity index (χ2v) is 4.16. The van der Waals surface area contributed by atoms with Gasteiger partial charge in [0.1, 0.15) is 11.8 Å². The van der Waals surface area contributed by atoms with Crippen molar-refractivity contribution in [2.75, 3.05) is 19.0 Å². The second kappa shape index (κ2) is 6.26. The van der Waals surface area contributed by atoms with Gasteiger partial charge in [0.15, 0.2) is 0 Å². The van der Waals surface area contributed by atoms with Crippen LogP contribution in [0.2, 0.25) is 0 Å². The molecule has 1 atom stereocenters. The average Bonchev–Trinajstić information content (AvgIpc) is 2.34. The van der Waals surface area contributed by atoms with Gasteiger partial charge in [-0.15, -0.1) is 0 Å². The predicted octanol–water partition coefficient (Wildman–Crippen LogP) is 1.12. The zero-order chi connectivity index (χ0) is 14.6. The molecule has 104 valence electrons. The summed E-state index contributed by atoms with van der Waals surface area (Å²) in [5.41, 5.74) is 7.00. The summed E-state index contributed by atoms with van der Waals surface area (Å²) in [6.07, 6.45) is -0.832. The van der Waals surface area contributed by atoms with Gasteiger partial charge in [-0.3, -0.25) is 14.9 Å². The summed E-state index contributed by atoms with van der Waals surface area (Å²) in [6.45, 7) is 3.58. The lowest BCUT2D eigenvalue weighted by Gasteiger charge is -2.14. The Morgan fingerprint density at radius 3 is 2.53 bits per heavy atom. The van der Waals surface area contributed by atoms with Gasteiger partial charge in [0.2, 0.25) is 0 Å². The van der Waals surface area contributed by atoms with Gasteiger partial charge in [0.25, 0.3) is 11.6 Å². The number of ether oxygens (including phenoxy) is 1. The topological polar surface area (TPSA) is 107 Å². The van der Waals surface area contributed by atoms with Crippen LogP contribution in [0.1, 0.15) is 11.1 Å². The Bertz CT molecular complexity index is 498. The number of rotatable bonds is 5. The molecule has 1 aromatic rings. The molecular formula is C12H17N3O4. The number of hydrogen-bond donors (Lipinski definition) is 2. The molecule has 0 fully saturated rings. The van der Waals surface area contributed by atoms with Gasteiger partial charge in [-0.05, 0) is 31.0 Å². The standard InChI is InChI=1S/C12H17N3O4/c1-7-4-9(10(15(17)18)5-8(7)2)14-12(16)11(6-13)19-3/h4-5,11H,6,13H2,1-3H3,(H,14,16). The number of anilines is 1. The number of benzene rings is 1. The van der Waals surface area contributed by atoms with Gasteiger partial charge in [-0.2, -0.15) is 0 Å². The van der Waals surface area contributed by atoms with Crippen molar-refractivity contribution in [3.8, 4) is 0 Å². The Kier molecular flexibility index (Phi) is 4.96. The molecule has 0 spiro atoms. The number of nitrogens with one attached hydrogen (secondary N) is 1. The molecule has 0 aliphatic rings. The van der Waals surface area contributed by atoms with E-state index in [9.17, 15) is 14.9 Å². The maximum Gasteiger partial charge on any atom is 0.293 e. The van der Waals surface area contributed by atoms with Crippen molar-refractivity contribution in [1.29, 1.82) is 0 Å². The molecule has 1 unspecified atom stereocenters. The largest absolute Gasteiger partial charge is 0.370 e. The van der Waals surface area contributed by atoms with Crippen LogP contribution in [-0.2, 0) is 9.53 Å². The van der Waals surface area contributed by atoms with Crippen LogP contribution >= 0.6 is 0 Å². The molecule has 0 aromatic heterocycles. The monoisotopic (exact) mass is 267 g/mol. The first kappa shape index (κ1) is 15.1. The number of carbonyl (C=O) groups excluding carboxylic acids is 1. The second-order valence-electron chi connectivity index (χ2n) is 4.16. The number of aryl methyl sites for hydroxylation is 2. The Hall–Kier alpha value is -1.99. The average molecular weight is 267 g/mol. The van der Waals surface area contributed by atoms with Gasteiger partial charge in [-0.1, -0.05) is 0 Å². The maximum atomic E-state index is 11.8. The van der Waals surface area contributed by atoms with Crippen molar-refractivity contribution in [3.05, 3.63) is 33.4 Å². The number of carbonyl (C=O) groups is 1. The summed E-state index contributed by atoms with van der Waals surface area (Å²) in [6, 6.07) is 2.99. The molecule has 3 N–H and O–H groups in total. The third-order valence-corrected chi connectivity index (χ3v) is 2.86. The summed E-state index contributed by atoms with van der Waals surface area (Å²) >= 11 is 0. The maximum absolute atomic E-state index is 11.8. The number of hydrogen-bond acceptors (Lipinski definition) is 5. The molecule has 7 heteroatoms. The van der Waals surface area contributed by atoms with Crippen molar-refractivity contribution < 1.29 is 14.5 Å². The molecular weight excluding hydrogens is 250 g/mol. The summed E-state index contributed by atoms with van der Waals surface area (Å²) in [5, 5.41) is 13.5. The molecule has 7 nitrogen and oxygen atoms in total. The highest BCUT2D eigenvalue weighted by Crippen LogP contribution is 2.28. The number of nitro groups is 1. The minimum absolute atomic E-state index is 0.000967. The molecule has 0 aliphatic heterocycles. The highest BCUT2D eigenvalue weighted by atomic mass is 16.6. The highest BCUT2D eigenvalue weighted by molar-refractivity contribution is 5.96. The van der Waals surface area contributed by atoms with Crippen LogP contribution in [0.4, 0.5) is 11.4 Å². The summed E-state index contributed by atoms with van der Waals surface area (Å²) in [4.78, 5) is 22.2. The lowest BCUT2D eigenvalue weighted by atomic mass is 10.1. The zero-order valence-corrected chi connectivity index (χ0v) is 11.1. The van der Waals surface area contributed by atoms with Crippen LogP contribution in [0.25, 0.3) is 0 Å². The van der Waals surface area contributed by atoms with Crippen molar-refractivity contribution in [2.45, 2.75) is 20.0 Å². The van der Waals surface area contributed by atoms with E-state index in [1.165, 1.54) is 13.2 Å². The van der Waals surface area contributed by atoms with E-state index < -0.39 is 16.9 Å². The Balaban J connectivity index is 3.09. The molecule has 0 aliphatic carbocycles.